The highest BCUT2D eigenvalue weighted by Crippen LogP contribution is 2.42. The number of halogens is 2. The van der Waals surface area contributed by atoms with Gasteiger partial charge < -0.3 is 9.47 Å². The van der Waals surface area contributed by atoms with Crippen molar-refractivity contribution >= 4 is 5.69 Å². The Morgan fingerprint density at radius 3 is 2.55 bits per heavy atom. The van der Waals surface area contributed by atoms with E-state index in [0.29, 0.717) is 36.3 Å². The van der Waals surface area contributed by atoms with Gasteiger partial charge in [-0.1, -0.05) is 0 Å². The lowest BCUT2D eigenvalue weighted by Gasteiger charge is -2.19. The molecule has 0 saturated carbocycles. The van der Waals surface area contributed by atoms with Crippen molar-refractivity contribution in [3.8, 4) is 22.9 Å². The van der Waals surface area contributed by atoms with Crippen LogP contribution in [0.3, 0.4) is 0 Å². The smallest absolute Gasteiger partial charge is 0.316 e. The first-order chi connectivity index (χ1) is 14.9. The highest BCUT2D eigenvalue weighted by molar-refractivity contribution is 5.70. The van der Waals surface area contributed by atoms with Gasteiger partial charge in [0.15, 0.2) is 28.8 Å². The van der Waals surface area contributed by atoms with E-state index in [2.05, 4.69) is 15.3 Å². The Kier molecular flexibility index (Phi) is 5.34. The van der Waals surface area contributed by atoms with E-state index >= 15 is 8.78 Å². The third-order valence-corrected chi connectivity index (χ3v) is 5.74. The Hall–Kier alpha value is -3.50. The molecule has 31 heavy (non-hydrogen) atoms. The molecule has 0 fully saturated rings. The molecule has 0 aliphatic heterocycles. The molecular formula is C20H21F2N5O4. The van der Waals surface area contributed by atoms with Crippen molar-refractivity contribution in [2.45, 2.75) is 31.6 Å². The second kappa shape index (κ2) is 7.97. The van der Waals surface area contributed by atoms with Crippen LogP contribution in [0.4, 0.5) is 14.5 Å². The number of aromatic nitrogens is 4. The Morgan fingerprint density at radius 1 is 1.26 bits per heavy atom. The van der Waals surface area contributed by atoms with Crippen molar-refractivity contribution in [3.05, 3.63) is 50.8 Å². The first-order valence-electron chi connectivity index (χ1n) is 9.70. The summed E-state index contributed by atoms with van der Waals surface area (Å²) in [6.45, 7) is 0. The Labute approximate surface area is 176 Å². The monoisotopic (exact) mass is 433 g/mol. The van der Waals surface area contributed by atoms with Crippen molar-refractivity contribution < 1.29 is 23.2 Å². The van der Waals surface area contributed by atoms with Crippen molar-refractivity contribution in [3.63, 3.8) is 0 Å². The number of fused-ring (bicyclic) bond motifs is 1. The molecule has 1 aliphatic carbocycles. The zero-order valence-corrected chi connectivity index (χ0v) is 17.2. The molecule has 1 N–H and O–H groups in total. The van der Waals surface area contributed by atoms with Crippen LogP contribution in [0.25, 0.3) is 11.4 Å². The van der Waals surface area contributed by atoms with Crippen LogP contribution in [0.2, 0.25) is 0 Å². The lowest BCUT2D eigenvalue weighted by molar-refractivity contribution is -0.384. The van der Waals surface area contributed by atoms with Crippen LogP contribution in [0, 0.1) is 21.7 Å². The lowest BCUT2D eigenvalue weighted by Crippen LogP contribution is -2.10. The van der Waals surface area contributed by atoms with E-state index in [1.165, 1.54) is 31.2 Å². The number of methoxy groups -OCH3 is 2. The minimum Gasteiger partial charge on any atom is -0.494 e. The Bertz CT molecular complexity index is 1130. The number of nitro groups is 1. The van der Waals surface area contributed by atoms with Crippen molar-refractivity contribution in [1.29, 1.82) is 0 Å². The van der Waals surface area contributed by atoms with Gasteiger partial charge in [-0.05, 0) is 31.6 Å². The van der Waals surface area contributed by atoms with Gasteiger partial charge in [0.05, 0.1) is 19.1 Å². The van der Waals surface area contributed by atoms with Gasteiger partial charge in [-0.25, -0.2) is 8.78 Å². The van der Waals surface area contributed by atoms with Crippen LogP contribution in [0.1, 0.15) is 35.6 Å². The van der Waals surface area contributed by atoms with Gasteiger partial charge in [-0.3, -0.25) is 19.9 Å². The SMILES string of the molecule is COc1cc(OC)c(F)c([C@H]2CCCc3c(-c4c([N+](=O)[O-])cnn4C)n[nH]c3C2)c1F. The molecular weight excluding hydrogens is 412 g/mol. The number of nitrogens with one attached hydrogen (secondary N) is 1. The largest absolute Gasteiger partial charge is 0.494 e. The fraction of sp³-hybridized carbons (Fsp3) is 0.400. The summed E-state index contributed by atoms with van der Waals surface area (Å²) in [5.74, 6) is -2.17. The number of hydrogen-bond acceptors (Lipinski definition) is 6. The van der Waals surface area contributed by atoms with Gasteiger partial charge in [-0.2, -0.15) is 10.2 Å². The summed E-state index contributed by atoms with van der Waals surface area (Å²) < 4.78 is 41.6. The highest BCUT2D eigenvalue weighted by atomic mass is 19.1. The number of benzene rings is 1. The number of hydrogen-bond donors (Lipinski definition) is 1. The number of rotatable bonds is 5. The van der Waals surface area contributed by atoms with Gasteiger partial charge in [0.1, 0.15) is 11.9 Å². The van der Waals surface area contributed by atoms with Gasteiger partial charge >= 0.3 is 5.69 Å². The quantitative estimate of drug-likeness (QED) is 0.374. The topological polar surface area (TPSA) is 108 Å². The summed E-state index contributed by atoms with van der Waals surface area (Å²) in [6.07, 6.45) is 3.17. The first-order valence-corrected chi connectivity index (χ1v) is 9.70. The number of H-pyrrole nitrogens is 1. The molecule has 0 bridgehead atoms. The van der Waals surface area contributed by atoms with E-state index < -0.39 is 22.5 Å². The highest BCUT2D eigenvalue weighted by Gasteiger charge is 2.32. The van der Waals surface area contributed by atoms with Crippen molar-refractivity contribution in [2.75, 3.05) is 14.2 Å². The third kappa shape index (κ3) is 3.39. The second-order valence-corrected chi connectivity index (χ2v) is 7.40. The van der Waals surface area contributed by atoms with E-state index in [4.69, 9.17) is 9.47 Å². The number of aryl methyl sites for hydroxylation is 1. The van der Waals surface area contributed by atoms with Crippen LogP contribution in [0.15, 0.2) is 12.3 Å². The maximum atomic E-state index is 15.0. The van der Waals surface area contributed by atoms with E-state index in [1.807, 2.05) is 0 Å². The predicted molar refractivity (Wildman–Crippen MR) is 106 cm³/mol. The van der Waals surface area contributed by atoms with Crippen LogP contribution in [-0.2, 0) is 19.9 Å². The van der Waals surface area contributed by atoms with E-state index in [9.17, 15) is 10.1 Å². The molecule has 1 aromatic carbocycles. The molecule has 0 unspecified atom stereocenters. The zero-order chi connectivity index (χ0) is 22.3. The fourth-order valence-electron chi connectivity index (χ4n) is 4.25. The molecule has 2 heterocycles. The maximum Gasteiger partial charge on any atom is 0.316 e. The molecule has 9 nitrogen and oxygen atoms in total. The number of ether oxygens (including phenoxy) is 2. The van der Waals surface area contributed by atoms with Crippen molar-refractivity contribution in [1.82, 2.24) is 20.0 Å². The Balaban J connectivity index is 1.78. The minimum atomic E-state index is -0.753. The zero-order valence-electron chi connectivity index (χ0n) is 17.2. The van der Waals surface area contributed by atoms with Crippen LogP contribution in [-0.4, -0.2) is 39.1 Å². The average Bonchev–Trinajstić information content (AvgIpc) is 3.24. The second-order valence-electron chi connectivity index (χ2n) is 7.40. The summed E-state index contributed by atoms with van der Waals surface area (Å²) in [5.41, 5.74) is 1.98. The summed E-state index contributed by atoms with van der Waals surface area (Å²) in [6, 6.07) is 1.19. The van der Waals surface area contributed by atoms with Gasteiger partial charge in [-0.15, -0.1) is 0 Å². The van der Waals surface area contributed by atoms with Gasteiger partial charge in [0.2, 0.25) is 0 Å². The molecule has 1 aliphatic rings. The number of nitrogens with zero attached hydrogens (tertiary/aromatic N) is 4. The van der Waals surface area contributed by atoms with Crippen LogP contribution in [0.5, 0.6) is 11.5 Å². The fourth-order valence-corrected chi connectivity index (χ4v) is 4.25. The molecule has 4 rings (SSSR count). The predicted octanol–water partition coefficient (Wildman–Crippen LogP) is 3.68. The van der Waals surface area contributed by atoms with Crippen LogP contribution >= 0.6 is 0 Å². The number of aromatic amines is 1. The summed E-state index contributed by atoms with van der Waals surface area (Å²) >= 11 is 0. The average molecular weight is 433 g/mol. The normalized spacial score (nSPS) is 16.0. The van der Waals surface area contributed by atoms with E-state index in [-0.39, 0.29) is 29.2 Å². The molecule has 0 spiro atoms. The lowest BCUT2D eigenvalue weighted by atomic mass is 9.90. The molecule has 11 heteroatoms. The van der Waals surface area contributed by atoms with Crippen molar-refractivity contribution in [2.24, 2.45) is 7.05 Å². The maximum absolute atomic E-state index is 15.0. The van der Waals surface area contributed by atoms with Gasteiger partial charge in [0.25, 0.3) is 0 Å². The minimum absolute atomic E-state index is 0.0893. The van der Waals surface area contributed by atoms with E-state index in [1.54, 1.807) is 7.05 Å². The standard InChI is InChI=1S/C20H21F2N5O4/c1-26-20(13(9-23-26)27(28)29)19-11-6-4-5-10(7-12(11)24-25-19)16-17(21)14(30-2)8-15(31-3)18(16)22/h8-10H,4-7H2,1-3H3,(H,24,25)/t10-/m0/s1. The molecule has 2 aromatic heterocycles. The molecule has 3 aromatic rings. The molecule has 0 saturated heterocycles. The summed E-state index contributed by atoms with van der Waals surface area (Å²) in [7, 11) is 4.23. The molecule has 1 atom stereocenters. The first kappa shape index (κ1) is 20.8. The summed E-state index contributed by atoms with van der Waals surface area (Å²) in [5, 5.41) is 22.6. The molecule has 0 amide bonds. The Morgan fingerprint density at radius 2 is 1.94 bits per heavy atom. The summed E-state index contributed by atoms with van der Waals surface area (Å²) in [4.78, 5) is 10.9. The van der Waals surface area contributed by atoms with Crippen LogP contribution < -0.4 is 9.47 Å². The van der Waals surface area contributed by atoms with E-state index in [0.717, 1.165) is 5.56 Å². The van der Waals surface area contributed by atoms with Gasteiger partial charge in [0, 0.05) is 29.9 Å². The molecule has 0 radical (unpaired) electrons. The molecule has 164 valence electrons. The third-order valence-electron chi connectivity index (χ3n) is 5.74.